The predicted octanol–water partition coefficient (Wildman–Crippen LogP) is 3.65. The number of anilines is 1. The van der Waals surface area contributed by atoms with E-state index in [1.807, 2.05) is 30.1 Å². The Morgan fingerprint density at radius 1 is 1.38 bits per heavy atom. The Labute approximate surface area is 132 Å². The van der Waals surface area contributed by atoms with E-state index in [2.05, 4.69) is 22.1 Å². The Morgan fingerprint density at radius 2 is 2.19 bits per heavy atom. The molecule has 1 aromatic carbocycles. The van der Waals surface area contributed by atoms with Gasteiger partial charge in [-0.15, -0.1) is 0 Å². The molecule has 3 rings (SSSR count). The van der Waals surface area contributed by atoms with Gasteiger partial charge in [0, 0.05) is 24.6 Å². The van der Waals surface area contributed by atoms with Crippen LogP contribution < -0.4 is 4.90 Å². The third-order valence-corrected chi connectivity index (χ3v) is 4.63. The summed E-state index contributed by atoms with van der Waals surface area (Å²) >= 11 is 7.40. The van der Waals surface area contributed by atoms with Crippen molar-refractivity contribution in [1.29, 1.82) is 5.26 Å². The van der Waals surface area contributed by atoms with Gasteiger partial charge in [-0.05, 0) is 29.8 Å². The second-order valence-electron chi connectivity index (χ2n) is 4.52. The smallest absolute Gasteiger partial charge is 0.222 e. The van der Waals surface area contributed by atoms with Crippen molar-refractivity contribution in [3.8, 4) is 6.07 Å². The van der Waals surface area contributed by atoms with Crippen LogP contribution in [-0.4, -0.2) is 17.0 Å². The van der Waals surface area contributed by atoms with E-state index in [0.717, 1.165) is 21.3 Å². The second-order valence-corrected chi connectivity index (χ2v) is 5.89. The van der Waals surface area contributed by atoms with E-state index in [1.54, 1.807) is 24.0 Å². The number of nitriles is 1. The minimum absolute atomic E-state index is 0.200. The van der Waals surface area contributed by atoms with Gasteiger partial charge in [0.2, 0.25) is 5.28 Å². The standard InChI is InChI=1S/C15H11ClN4S/c1-20-12-4-2-3-5-13(12)21-14(20)10(9-17)8-11-6-7-18-15(16)19-11/h2-7H,8H2,1H3/b14-10+. The first-order valence-corrected chi connectivity index (χ1v) is 7.50. The zero-order valence-electron chi connectivity index (χ0n) is 11.2. The van der Waals surface area contributed by atoms with Crippen molar-refractivity contribution in [2.75, 3.05) is 11.9 Å². The summed E-state index contributed by atoms with van der Waals surface area (Å²) in [6.45, 7) is 0. The second kappa shape index (κ2) is 5.76. The fraction of sp³-hybridized carbons (Fsp3) is 0.133. The van der Waals surface area contributed by atoms with Gasteiger partial charge in [-0.3, -0.25) is 0 Å². The lowest BCUT2D eigenvalue weighted by Crippen LogP contribution is -2.12. The van der Waals surface area contributed by atoms with Gasteiger partial charge in [-0.2, -0.15) is 5.26 Å². The number of hydrogen-bond acceptors (Lipinski definition) is 5. The molecule has 0 atom stereocenters. The van der Waals surface area contributed by atoms with Gasteiger partial charge in [-0.1, -0.05) is 23.9 Å². The van der Waals surface area contributed by atoms with Crippen LogP contribution in [0.1, 0.15) is 5.69 Å². The van der Waals surface area contributed by atoms with Crippen molar-refractivity contribution in [3.05, 3.63) is 58.1 Å². The third kappa shape index (κ3) is 2.73. The summed E-state index contributed by atoms with van der Waals surface area (Å²) in [5, 5.41) is 10.6. The number of para-hydroxylation sites is 1. The Bertz CT molecular complexity index is 766. The molecular formula is C15H11ClN4S. The zero-order chi connectivity index (χ0) is 14.8. The number of allylic oxidation sites excluding steroid dienone is 1. The van der Waals surface area contributed by atoms with Crippen molar-refractivity contribution in [3.63, 3.8) is 0 Å². The molecular weight excluding hydrogens is 304 g/mol. The molecule has 2 aromatic rings. The van der Waals surface area contributed by atoms with Crippen molar-refractivity contribution in [1.82, 2.24) is 9.97 Å². The fourth-order valence-electron chi connectivity index (χ4n) is 2.18. The van der Waals surface area contributed by atoms with Gasteiger partial charge >= 0.3 is 0 Å². The van der Waals surface area contributed by atoms with Gasteiger partial charge in [0.15, 0.2) is 0 Å². The van der Waals surface area contributed by atoms with Crippen LogP contribution in [0, 0.1) is 11.3 Å². The lowest BCUT2D eigenvalue weighted by molar-refractivity contribution is 1.01. The molecule has 0 radical (unpaired) electrons. The van der Waals surface area contributed by atoms with Crippen LogP contribution in [0.5, 0.6) is 0 Å². The fourth-order valence-corrected chi connectivity index (χ4v) is 3.48. The molecule has 1 aliphatic heterocycles. The largest absolute Gasteiger partial charge is 0.337 e. The summed E-state index contributed by atoms with van der Waals surface area (Å²) in [4.78, 5) is 11.2. The molecule has 0 N–H and O–H groups in total. The minimum Gasteiger partial charge on any atom is -0.337 e. The molecule has 0 unspecified atom stereocenters. The number of hydrogen-bond donors (Lipinski definition) is 0. The molecule has 6 heteroatoms. The molecule has 4 nitrogen and oxygen atoms in total. The first kappa shape index (κ1) is 13.9. The van der Waals surface area contributed by atoms with Gasteiger partial charge in [0.1, 0.15) is 0 Å². The van der Waals surface area contributed by atoms with Crippen LogP contribution in [0.3, 0.4) is 0 Å². The van der Waals surface area contributed by atoms with E-state index in [4.69, 9.17) is 11.6 Å². The minimum atomic E-state index is 0.200. The zero-order valence-corrected chi connectivity index (χ0v) is 12.8. The van der Waals surface area contributed by atoms with E-state index in [-0.39, 0.29) is 5.28 Å². The highest BCUT2D eigenvalue weighted by molar-refractivity contribution is 8.03. The van der Waals surface area contributed by atoms with Crippen LogP contribution in [-0.2, 0) is 6.42 Å². The Kier molecular flexibility index (Phi) is 3.82. The average Bonchev–Trinajstić information content (AvgIpc) is 2.82. The number of thioether (sulfide) groups is 1. The van der Waals surface area contributed by atoms with Crippen LogP contribution in [0.4, 0.5) is 5.69 Å². The molecule has 2 heterocycles. The number of fused-ring (bicyclic) bond motifs is 1. The van der Waals surface area contributed by atoms with E-state index in [9.17, 15) is 5.26 Å². The Morgan fingerprint density at radius 3 is 2.90 bits per heavy atom. The summed E-state index contributed by atoms with van der Waals surface area (Å²) in [7, 11) is 1.97. The summed E-state index contributed by atoms with van der Waals surface area (Å²) in [6.07, 6.45) is 2.05. The molecule has 1 aliphatic rings. The van der Waals surface area contributed by atoms with Crippen LogP contribution >= 0.6 is 23.4 Å². The maximum Gasteiger partial charge on any atom is 0.222 e. The summed E-state index contributed by atoms with van der Waals surface area (Å²) in [5.74, 6) is 0. The highest BCUT2D eigenvalue weighted by Crippen LogP contribution is 2.46. The number of rotatable bonds is 2. The molecule has 0 aliphatic carbocycles. The monoisotopic (exact) mass is 314 g/mol. The Hall–Kier alpha value is -2.03. The molecule has 0 saturated heterocycles. The van der Waals surface area contributed by atoms with Crippen molar-refractivity contribution >= 4 is 29.1 Å². The van der Waals surface area contributed by atoms with E-state index in [0.29, 0.717) is 12.0 Å². The lowest BCUT2D eigenvalue weighted by atomic mass is 10.1. The van der Waals surface area contributed by atoms with Crippen LogP contribution in [0.15, 0.2) is 52.0 Å². The van der Waals surface area contributed by atoms with E-state index >= 15 is 0 Å². The van der Waals surface area contributed by atoms with Crippen molar-refractivity contribution in [2.24, 2.45) is 0 Å². The van der Waals surface area contributed by atoms with Crippen LogP contribution in [0.25, 0.3) is 0 Å². The van der Waals surface area contributed by atoms with Crippen molar-refractivity contribution in [2.45, 2.75) is 11.3 Å². The highest BCUT2D eigenvalue weighted by Gasteiger charge is 2.24. The number of aromatic nitrogens is 2. The molecule has 104 valence electrons. The predicted molar refractivity (Wildman–Crippen MR) is 84.1 cm³/mol. The van der Waals surface area contributed by atoms with Gasteiger partial charge < -0.3 is 4.90 Å². The first-order valence-electron chi connectivity index (χ1n) is 6.30. The lowest BCUT2D eigenvalue weighted by Gasteiger charge is -2.15. The molecule has 1 aromatic heterocycles. The highest BCUT2D eigenvalue weighted by atomic mass is 35.5. The van der Waals surface area contributed by atoms with E-state index < -0.39 is 0 Å². The summed E-state index contributed by atoms with van der Waals surface area (Å²) in [5.41, 5.74) is 2.53. The third-order valence-electron chi connectivity index (χ3n) is 3.17. The van der Waals surface area contributed by atoms with Gasteiger partial charge in [0.05, 0.1) is 28.1 Å². The normalized spacial score (nSPS) is 15.6. The molecule has 0 bridgehead atoms. The number of halogens is 1. The summed E-state index contributed by atoms with van der Waals surface area (Å²) in [6, 6.07) is 12.2. The van der Waals surface area contributed by atoms with E-state index in [1.165, 1.54) is 0 Å². The van der Waals surface area contributed by atoms with Gasteiger partial charge in [-0.25, -0.2) is 9.97 Å². The maximum absolute atomic E-state index is 9.49. The maximum atomic E-state index is 9.49. The molecule has 0 spiro atoms. The average molecular weight is 315 g/mol. The molecule has 0 amide bonds. The number of nitrogens with zero attached hydrogens (tertiary/aromatic N) is 4. The molecule has 0 saturated carbocycles. The molecule has 0 fully saturated rings. The first-order chi connectivity index (χ1) is 10.2. The number of benzene rings is 1. The van der Waals surface area contributed by atoms with Crippen LogP contribution in [0.2, 0.25) is 5.28 Å². The Balaban J connectivity index is 1.96. The SMILES string of the molecule is CN1/C(=C(\C#N)Cc2ccnc(Cl)n2)Sc2ccccc21. The topological polar surface area (TPSA) is 52.8 Å². The van der Waals surface area contributed by atoms with Crippen molar-refractivity contribution < 1.29 is 0 Å². The quantitative estimate of drug-likeness (QED) is 0.625. The van der Waals surface area contributed by atoms with Gasteiger partial charge in [0.25, 0.3) is 0 Å². The molecule has 21 heavy (non-hydrogen) atoms. The summed E-state index contributed by atoms with van der Waals surface area (Å²) < 4.78 is 0.